The summed E-state index contributed by atoms with van der Waals surface area (Å²) < 4.78 is 11.3. The van der Waals surface area contributed by atoms with Gasteiger partial charge in [0.05, 0.1) is 25.5 Å². The van der Waals surface area contributed by atoms with Crippen molar-refractivity contribution in [1.82, 2.24) is 20.0 Å². The molecule has 0 aromatic carbocycles. The fourth-order valence-electron chi connectivity index (χ4n) is 3.31. The van der Waals surface area contributed by atoms with Crippen LogP contribution in [0.5, 0.6) is 0 Å². The number of ether oxygens (including phenoxy) is 1. The van der Waals surface area contributed by atoms with E-state index in [1.807, 2.05) is 33.9 Å². The van der Waals surface area contributed by atoms with Crippen LogP contribution in [-0.4, -0.2) is 65.8 Å². The molecule has 1 aliphatic heterocycles. The van der Waals surface area contributed by atoms with E-state index in [1.54, 1.807) is 4.90 Å². The lowest BCUT2D eigenvalue weighted by molar-refractivity contribution is 0.0310. The van der Waals surface area contributed by atoms with Crippen LogP contribution in [0.15, 0.2) is 10.5 Å². The van der Waals surface area contributed by atoms with Gasteiger partial charge in [0.25, 0.3) is 5.91 Å². The van der Waals surface area contributed by atoms with Crippen LogP contribution in [0.25, 0.3) is 0 Å². The predicted octanol–water partition coefficient (Wildman–Crippen LogP) is 2.07. The van der Waals surface area contributed by atoms with Crippen molar-refractivity contribution in [2.45, 2.75) is 33.7 Å². The number of morpholine rings is 1. The first-order valence-corrected chi connectivity index (χ1v) is 9.11. The Labute approximate surface area is 154 Å². The van der Waals surface area contributed by atoms with Gasteiger partial charge in [-0.2, -0.15) is 5.10 Å². The molecular weight excluding hydrogens is 332 g/mol. The number of furan rings is 1. The number of rotatable bonds is 6. The van der Waals surface area contributed by atoms with Crippen LogP contribution in [0, 0.1) is 20.8 Å². The van der Waals surface area contributed by atoms with Gasteiger partial charge in [0.1, 0.15) is 5.76 Å². The first-order chi connectivity index (χ1) is 12.5. The molecule has 0 saturated carbocycles. The first kappa shape index (κ1) is 18.7. The Hall–Kier alpha value is -2.12. The largest absolute Gasteiger partial charge is 0.454 e. The molecule has 2 aromatic heterocycles. The predicted molar refractivity (Wildman–Crippen MR) is 98.3 cm³/mol. The minimum absolute atomic E-state index is 0.0745. The molecule has 1 N–H and O–H groups in total. The van der Waals surface area contributed by atoms with Gasteiger partial charge in [-0.05, 0) is 38.8 Å². The van der Waals surface area contributed by atoms with E-state index in [0.29, 0.717) is 18.8 Å². The average Bonchev–Trinajstić information content (AvgIpc) is 3.15. The van der Waals surface area contributed by atoms with Crippen molar-refractivity contribution < 1.29 is 13.9 Å². The van der Waals surface area contributed by atoms with Gasteiger partial charge in [-0.1, -0.05) is 0 Å². The zero-order valence-electron chi connectivity index (χ0n) is 16.1. The highest BCUT2D eigenvalue weighted by Gasteiger charge is 2.21. The van der Waals surface area contributed by atoms with Crippen LogP contribution in [0.2, 0.25) is 0 Å². The summed E-state index contributed by atoms with van der Waals surface area (Å²) in [6.45, 7) is 10.5. The minimum atomic E-state index is -0.0745. The van der Waals surface area contributed by atoms with Gasteiger partial charge < -0.3 is 14.1 Å². The molecule has 2 aromatic rings. The summed E-state index contributed by atoms with van der Waals surface area (Å²) in [5.41, 5.74) is 4.12. The molecule has 142 valence electrons. The standard InChI is InChI=1S/C19H28N4O3/c1-13-11-16(12-23-7-9-25-10-8-23)26-18(13)19(24)22(4)6-5-17-14(2)20-21-15(17)3/h11H,5-10,12H2,1-4H3,(H,20,21). The smallest absolute Gasteiger partial charge is 0.289 e. The molecule has 1 amide bonds. The van der Waals surface area contributed by atoms with Gasteiger partial charge in [-0.15, -0.1) is 0 Å². The van der Waals surface area contributed by atoms with Crippen LogP contribution < -0.4 is 0 Å². The molecule has 0 bridgehead atoms. The molecule has 7 heteroatoms. The summed E-state index contributed by atoms with van der Waals surface area (Å²) in [7, 11) is 1.82. The molecule has 0 radical (unpaired) electrons. The number of carbonyl (C=O) groups excluding carboxylic acids is 1. The van der Waals surface area contributed by atoms with Gasteiger partial charge in [0.2, 0.25) is 0 Å². The number of aromatic nitrogens is 2. The summed E-state index contributed by atoms with van der Waals surface area (Å²) in [6.07, 6.45) is 0.775. The van der Waals surface area contributed by atoms with E-state index < -0.39 is 0 Å². The minimum Gasteiger partial charge on any atom is -0.454 e. The Morgan fingerprint density at radius 3 is 2.69 bits per heavy atom. The summed E-state index contributed by atoms with van der Waals surface area (Å²) in [5, 5.41) is 7.20. The number of aryl methyl sites for hydroxylation is 3. The summed E-state index contributed by atoms with van der Waals surface area (Å²) >= 11 is 0. The van der Waals surface area contributed by atoms with Crippen molar-refractivity contribution in [3.8, 4) is 0 Å². The van der Waals surface area contributed by atoms with E-state index in [2.05, 4.69) is 15.1 Å². The van der Waals surface area contributed by atoms with Crippen molar-refractivity contribution in [1.29, 1.82) is 0 Å². The second-order valence-electron chi connectivity index (χ2n) is 7.00. The normalized spacial score (nSPS) is 15.4. The maximum absolute atomic E-state index is 12.8. The maximum atomic E-state index is 12.8. The Bertz CT molecular complexity index is 739. The molecule has 1 aliphatic rings. The summed E-state index contributed by atoms with van der Waals surface area (Å²) in [4.78, 5) is 16.8. The van der Waals surface area contributed by atoms with Gasteiger partial charge in [0, 0.05) is 37.9 Å². The highest BCUT2D eigenvalue weighted by Crippen LogP contribution is 2.19. The average molecular weight is 360 g/mol. The molecule has 0 unspecified atom stereocenters. The molecule has 1 saturated heterocycles. The van der Waals surface area contributed by atoms with Crippen molar-refractivity contribution in [2.24, 2.45) is 0 Å². The topological polar surface area (TPSA) is 74.6 Å². The van der Waals surface area contributed by atoms with E-state index >= 15 is 0 Å². The zero-order chi connectivity index (χ0) is 18.7. The van der Waals surface area contributed by atoms with E-state index in [9.17, 15) is 4.79 Å². The Morgan fingerprint density at radius 1 is 1.31 bits per heavy atom. The molecule has 3 rings (SSSR count). The number of aromatic amines is 1. The molecule has 0 aliphatic carbocycles. The van der Waals surface area contributed by atoms with E-state index in [-0.39, 0.29) is 5.91 Å². The van der Waals surface area contributed by atoms with E-state index in [0.717, 1.165) is 55.4 Å². The monoisotopic (exact) mass is 360 g/mol. The van der Waals surface area contributed by atoms with Crippen LogP contribution in [0.4, 0.5) is 0 Å². The third-order valence-corrected chi connectivity index (χ3v) is 4.97. The quantitative estimate of drug-likeness (QED) is 0.854. The van der Waals surface area contributed by atoms with Gasteiger partial charge in [-0.3, -0.25) is 14.8 Å². The van der Waals surface area contributed by atoms with Crippen molar-refractivity contribution >= 4 is 5.91 Å². The highest BCUT2D eigenvalue weighted by molar-refractivity contribution is 5.92. The summed E-state index contributed by atoms with van der Waals surface area (Å²) in [5.74, 6) is 1.20. The van der Waals surface area contributed by atoms with E-state index in [1.165, 1.54) is 5.56 Å². The molecule has 0 atom stereocenters. The highest BCUT2D eigenvalue weighted by atomic mass is 16.5. The lowest BCUT2D eigenvalue weighted by Gasteiger charge is -2.25. The van der Waals surface area contributed by atoms with E-state index in [4.69, 9.17) is 9.15 Å². The van der Waals surface area contributed by atoms with Crippen LogP contribution in [0.3, 0.4) is 0 Å². The van der Waals surface area contributed by atoms with Crippen LogP contribution in [0.1, 0.15) is 38.8 Å². The number of hydrogen-bond donors (Lipinski definition) is 1. The number of nitrogens with one attached hydrogen (secondary N) is 1. The Kier molecular flexibility index (Phi) is 5.78. The third-order valence-electron chi connectivity index (χ3n) is 4.97. The SMILES string of the molecule is Cc1cc(CN2CCOCC2)oc1C(=O)N(C)CCc1c(C)n[nH]c1C. The number of H-pyrrole nitrogens is 1. The number of likely N-dealkylation sites (N-methyl/N-ethyl adjacent to an activating group) is 1. The number of carbonyl (C=O) groups is 1. The van der Waals surface area contributed by atoms with Gasteiger partial charge in [0.15, 0.2) is 5.76 Å². The Morgan fingerprint density at radius 2 is 2.04 bits per heavy atom. The lowest BCUT2D eigenvalue weighted by atomic mass is 10.1. The zero-order valence-corrected chi connectivity index (χ0v) is 16.1. The number of hydrogen-bond acceptors (Lipinski definition) is 5. The molecule has 26 heavy (non-hydrogen) atoms. The van der Waals surface area contributed by atoms with Crippen molar-refractivity contribution in [3.05, 3.63) is 40.1 Å². The van der Waals surface area contributed by atoms with Crippen LogP contribution in [-0.2, 0) is 17.7 Å². The van der Waals surface area contributed by atoms with Gasteiger partial charge in [-0.25, -0.2) is 0 Å². The molecule has 1 fully saturated rings. The fourth-order valence-corrected chi connectivity index (χ4v) is 3.31. The summed E-state index contributed by atoms with van der Waals surface area (Å²) in [6, 6.07) is 1.97. The fraction of sp³-hybridized carbons (Fsp3) is 0.579. The third kappa shape index (κ3) is 4.16. The second-order valence-corrected chi connectivity index (χ2v) is 7.00. The number of amides is 1. The van der Waals surface area contributed by atoms with Crippen LogP contribution >= 0.6 is 0 Å². The lowest BCUT2D eigenvalue weighted by Crippen LogP contribution is -2.35. The maximum Gasteiger partial charge on any atom is 0.289 e. The molecule has 7 nitrogen and oxygen atoms in total. The molecule has 3 heterocycles. The molecular formula is C19H28N4O3. The number of nitrogens with zero attached hydrogens (tertiary/aromatic N) is 3. The van der Waals surface area contributed by atoms with Crippen molar-refractivity contribution in [3.63, 3.8) is 0 Å². The second kappa shape index (κ2) is 8.05. The Balaban J connectivity index is 1.61. The molecule has 0 spiro atoms. The van der Waals surface area contributed by atoms with Crippen molar-refractivity contribution in [2.75, 3.05) is 39.9 Å². The van der Waals surface area contributed by atoms with Gasteiger partial charge >= 0.3 is 0 Å². The first-order valence-electron chi connectivity index (χ1n) is 9.11.